The number of nitrogens with two attached hydrogens (primary N) is 1. The van der Waals surface area contributed by atoms with E-state index in [1.807, 2.05) is 0 Å². The summed E-state index contributed by atoms with van der Waals surface area (Å²) >= 11 is 0. The number of methoxy groups -OCH3 is 1. The van der Waals surface area contributed by atoms with Gasteiger partial charge < -0.3 is 4.74 Å². The summed E-state index contributed by atoms with van der Waals surface area (Å²) < 4.78 is 26.8. The molecule has 0 saturated heterocycles. The lowest BCUT2D eigenvalue weighted by molar-refractivity contribution is -0.136. The van der Waals surface area contributed by atoms with Crippen LogP contribution in [0.2, 0.25) is 0 Å². The van der Waals surface area contributed by atoms with E-state index in [1.54, 1.807) is 6.08 Å². The lowest BCUT2D eigenvalue weighted by Crippen LogP contribution is -2.34. The molecular weight excluding hydrogens is 206 g/mol. The Kier molecular flexibility index (Phi) is 3.28. The molecule has 6 heteroatoms. The minimum absolute atomic E-state index is 0.168. The fourth-order valence-electron chi connectivity index (χ4n) is 1.52. The number of carbonyl (C=O) groups excluding carboxylic acids is 1. The van der Waals surface area contributed by atoms with E-state index in [2.05, 4.69) is 4.74 Å². The maximum Gasteiger partial charge on any atom is 0.334 e. The Balaban J connectivity index is 3.01. The van der Waals surface area contributed by atoms with Crippen molar-refractivity contribution < 1.29 is 17.9 Å². The molecule has 1 unspecified atom stereocenters. The zero-order valence-corrected chi connectivity index (χ0v) is 8.71. The van der Waals surface area contributed by atoms with Gasteiger partial charge in [-0.05, 0) is 19.3 Å². The summed E-state index contributed by atoms with van der Waals surface area (Å²) in [5, 5.41) is 4.12. The van der Waals surface area contributed by atoms with Crippen LogP contribution in [0, 0.1) is 0 Å². The number of sulfonamides is 1. The van der Waals surface area contributed by atoms with Crippen LogP contribution in [-0.2, 0) is 19.6 Å². The molecule has 0 spiro atoms. The highest BCUT2D eigenvalue weighted by atomic mass is 32.2. The average molecular weight is 219 g/mol. The van der Waals surface area contributed by atoms with Crippen LogP contribution in [-0.4, -0.2) is 26.7 Å². The first kappa shape index (κ1) is 11.2. The summed E-state index contributed by atoms with van der Waals surface area (Å²) in [4.78, 5) is 11.2. The molecular formula is C8H13NO4S. The number of carbonyl (C=O) groups is 1. The molecule has 0 saturated carbocycles. The van der Waals surface area contributed by atoms with Gasteiger partial charge in [-0.2, -0.15) is 0 Å². The van der Waals surface area contributed by atoms with Gasteiger partial charge in [-0.15, -0.1) is 0 Å². The third kappa shape index (κ3) is 2.33. The van der Waals surface area contributed by atoms with Gasteiger partial charge in [0.15, 0.2) is 0 Å². The van der Waals surface area contributed by atoms with Crippen molar-refractivity contribution in [3.63, 3.8) is 0 Å². The van der Waals surface area contributed by atoms with Gasteiger partial charge in [0, 0.05) is 0 Å². The van der Waals surface area contributed by atoms with Gasteiger partial charge in [0.25, 0.3) is 0 Å². The first-order chi connectivity index (χ1) is 6.46. The fourth-order valence-corrected chi connectivity index (χ4v) is 2.56. The molecule has 1 atom stereocenters. The predicted octanol–water partition coefficient (Wildman–Crippen LogP) is -0.0732. The van der Waals surface area contributed by atoms with E-state index >= 15 is 0 Å². The lowest BCUT2D eigenvalue weighted by atomic mass is 9.99. The molecule has 0 heterocycles. The van der Waals surface area contributed by atoms with E-state index in [9.17, 15) is 13.2 Å². The lowest BCUT2D eigenvalue weighted by Gasteiger charge is -2.20. The van der Waals surface area contributed by atoms with Crippen LogP contribution in [0.3, 0.4) is 0 Å². The maximum atomic E-state index is 11.2. The Labute approximate surface area is 83.0 Å². The molecule has 14 heavy (non-hydrogen) atoms. The zero-order valence-electron chi connectivity index (χ0n) is 7.89. The van der Waals surface area contributed by atoms with Crippen LogP contribution in [0.25, 0.3) is 0 Å². The van der Waals surface area contributed by atoms with Crippen LogP contribution in [0.1, 0.15) is 19.3 Å². The smallest absolute Gasteiger partial charge is 0.334 e. The van der Waals surface area contributed by atoms with Gasteiger partial charge in [-0.25, -0.2) is 18.4 Å². The van der Waals surface area contributed by atoms with Crippen molar-refractivity contribution in [2.45, 2.75) is 24.5 Å². The highest BCUT2D eigenvalue weighted by Gasteiger charge is 2.32. The van der Waals surface area contributed by atoms with Crippen molar-refractivity contribution in [3.05, 3.63) is 11.6 Å². The molecule has 80 valence electrons. The van der Waals surface area contributed by atoms with Crippen LogP contribution in [0.15, 0.2) is 11.6 Å². The molecule has 0 fully saturated rings. The summed E-state index contributed by atoms with van der Waals surface area (Å²) in [6.45, 7) is 0. The predicted molar refractivity (Wildman–Crippen MR) is 50.8 cm³/mol. The van der Waals surface area contributed by atoms with Crippen molar-refractivity contribution in [3.8, 4) is 0 Å². The zero-order chi connectivity index (χ0) is 10.8. The Morgan fingerprint density at radius 3 is 2.79 bits per heavy atom. The SMILES string of the molecule is COC(=O)C1=CCCCC1S(N)(=O)=O. The topological polar surface area (TPSA) is 86.5 Å². The van der Waals surface area contributed by atoms with Crippen molar-refractivity contribution in [2.24, 2.45) is 5.14 Å². The minimum atomic E-state index is -3.70. The standard InChI is InChI=1S/C8H13NO4S/c1-13-8(10)6-4-2-3-5-7(6)14(9,11)12/h4,7H,2-3,5H2,1H3,(H2,9,11,12). The van der Waals surface area contributed by atoms with Gasteiger partial charge in [0.2, 0.25) is 10.0 Å². The van der Waals surface area contributed by atoms with Gasteiger partial charge in [0.05, 0.1) is 12.7 Å². The number of allylic oxidation sites excluding steroid dienone is 1. The Hall–Kier alpha value is -0.880. The summed E-state index contributed by atoms with van der Waals surface area (Å²) in [5.74, 6) is -0.608. The van der Waals surface area contributed by atoms with Gasteiger partial charge in [-0.1, -0.05) is 6.08 Å². The van der Waals surface area contributed by atoms with Crippen LogP contribution in [0.4, 0.5) is 0 Å². The van der Waals surface area contributed by atoms with Crippen LogP contribution >= 0.6 is 0 Å². The first-order valence-electron chi connectivity index (χ1n) is 4.27. The fraction of sp³-hybridized carbons (Fsp3) is 0.625. The van der Waals surface area contributed by atoms with Gasteiger partial charge in [0.1, 0.15) is 5.25 Å². The molecule has 0 bridgehead atoms. The maximum absolute atomic E-state index is 11.2. The Morgan fingerprint density at radius 2 is 2.29 bits per heavy atom. The minimum Gasteiger partial charge on any atom is -0.466 e. The number of primary sulfonamides is 1. The van der Waals surface area contributed by atoms with E-state index in [0.29, 0.717) is 12.8 Å². The number of rotatable bonds is 2. The molecule has 1 aliphatic rings. The van der Waals surface area contributed by atoms with E-state index < -0.39 is 21.2 Å². The van der Waals surface area contributed by atoms with E-state index in [4.69, 9.17) is 5.14 Å². The van der Waals surface area contributed by atoms with Gasteiger partial charge in [-0.3, -0.25) is 0 Å². The summed E-state index contributed by atoms with van der Waals surface area (Å²) in [6.07, 6.45) is 3.39. The van der Waals surface area contributed by atoms with Crippen molar-refractivity contribution in [2.75, 3.05) is 7.11 Å². The third-order valence-corrected chi connectivity index (χ3v) is 3.48. The number of esters is 1. The highest BCUT2D eigenvalue weighted by molar-refractivity contribution is 7.90. The monoisotopic (exact) mass is 219 g/mol. The molecule has 5 nitrogen and oxygen atoms in total. The van der Waals surface area contributed by atoms with Crippen LogP contribution in [0.5, 0.6) is 0 Å². The number of hydrogen-bond acceptors (Lipinski definition) is 4. The molecule has 0 aromatic rings. The van der Waals surface area contributed by atoms with Crippen molar-refractivity contribution in [1.82, 2.24) is 0 Å². The second kappa shape index (κ2) is 4.10. The second-order valence-electron chi connectivity index (χ2n) is 3.16. The van der Waals surface area contributed by atoms with Crippen molar-refractivity contribution in [1.29, 1.82) is 0 Å². The quantitative estimate of drug-likeness (QED) is 0.658. The Bertz CT molecular complexity index is 358. The second-order valence-corrected chi connectivity index (χ2v) is 4.91. The normalized spacial score (nSPS) is 22.7. The number of ether oxygens (including phenoxy) is 1. The molecule has 0 aromatic carbocycles. The third-order valence-electron chi connectivity index (χ3n) is 2.20. The number of hydrogen-bond donors (Lipinski definition) is 1. The van der Waals surface area contributed by atoms with Crippen LogP contribution < -0.4 is 5.14 Å². The molecule has 1 aliphatic carbocycles. The van der Waals surface area contributed by atoms with E-state index in [1.165, 1.54) is 7.11 Å². The molecule has 0 aromatic heterocycles. The van der Waals surface area contributed by atoms with Gasteiger partial charge >= 0.3 is 5.97 Å². The largest absolute Gasteiger partial charge is 0.466 e. The molecule has 0 amide bonds. The molecule has 2 N–H and O–H groups in total. The summed E-state index contributed by atoms with van der Waals surface area (Å²) in [6, 6.07) is 0. The Morgan fingerprint density at radius 1 is 1.64 bits per heavy atom. The molecule has 1 rings (SSSR count). The summed E-state index contributed by atoms with van der Waals surface area (Å²) in [7, 11) is -2.48. The average Bonchev–Trinajstić information content (AvgIpc) is 2.15. The first-order valence-corrected chi connectivity index (χ1v) is 5.87. The van der Waals surface area contributed by atoms with Crippen molar-refractivity contribution >= 4 is 16.0 Å². The summed E-state index contributed by atoms with van der Waals surface area (Å²) in [5.41, 5.74) is 0.168. The van der Waals surface area contributed by atoms with E-state index in [-0.39, 0.29) is 5.57 Å². The molecule has 0 radical (unpaired) electrons. The highest BCUT2D eigenvalue weighted by Crippen LogP contribution is 2.23. The molecule has 0 aliphatic heterocycles. The van der Waals surface area contributed by atoms with E-state index in [0.717, 1.165) is 6.42 Å².